The second-order valence-corrected chi connectivity index (χ2v) is 6.02. The molecule has 0 aliphatic carbocycles. The highest BCUT2D eigenvalue weighted by molar-refractivity contribution is 6.34. The summed E-state index contributed by atoms with van der Waals surface area (Å²) in [6.07, 6.45) is 0. The molecule has 2 aromatic carbocycles. The van der Waals surface area contributed by atoms with E-state index in [-0.39, 0.29) is 6.61 Å². The maximum absolute atomic E-state index is 11.9. The number of halogens is 1. The third-order valence-corrected chi connectivity index (χ3v) is 3.77. The van der Waals surface area contributed by atoms with E-state index in [0.717, 1.165) is 11.1 Å². The van der Waals surface area contributed by atoms with Gasteiger partial charge >= 0.3 is 5.97 Å². The molecule has 0 aromatic heterocycles. The van der Waals surface area contributed by atoms with Crippen molar-refractivity contribution in [1.82, 2.24) is 0 Å². The molecule has 138 valence electrons. The Bertz CT molecular complexity index is 766. The van der Waals surface area contributed by atoms with E-state index in [4.69, 9.17) is 25.8 Å². The number of carbonyl (C=O) groups excluding carboxylic acids is 2. The smallest absolute Gasteiger partial charge is 0.344 e. The summed E-state index contributed by atoms with van der Waals surface area (Å²) in [4.78, 5) is 23.6. The lowest BCUT2D eigenvalue weighted by atomic mass is 10.1. The number of amides is 1. The molecular weight excluding hydrogens is 358 g/mol. The molecule has 0 saturated carbocycles. The van der Waals surface area contributed by atoms with Crippen LogP contribution in [0.5, 0.6) is 11.5 Å². The van der Waals surface area contributed by atoms with Crippen LogP contribution in [-0.2, 0) is 14.3 Å². The Morgan fingerprint density at radius 3 is 2.31 bits per heavy atom. The number of benzene rings is 2. The van der Waals surface area contributed by atoms with E-state index in [1.807, 2.05) is 19.9 Å². The summed E-state index contributed by atoms with van der Waals surface area (Å²) in [7, 11) is 1.56. The van der Waals surface area contributed by atoms with Crippen molar-refractivity contribution in [2.75, 3.05) is 25.6 Å². The minimum Gasteiger partial charge on any atom is -0.497 e. The Morgan fingerprint density at radius 2 is 1.69 bits per heavy atom. The summed E-state index contributed by atoms with van der Waals surface area (Å²) in [5.41, 5.74) is 2.33. The predicted octanol–water partition coefficient (Wildman–Crippen LogP) is 3.53. The Morgan fingerprint density at radius 1 is 1.04 bits per heavy atom. The van der Waals surface area contributed by atoms with Gasteiger partial charge < -0.3 is 19.5 Å². The molecule has 1 N–H and O–H groups in total. The third kappa shape index (κ3) is 5.67. The van der Waals surface area contributed by atoms with Crippen molar-refractivity contribution in [3.8, 4) is 11.5 Å². The largest absolute Gasteiger partial charge is 0.497 e. The quantitative estimate of drug-likeness (QED) is 0.747. The van der Waals surface area contributed by atoms with E-state index in [1.54, 1.807) is 37.4 Å². The number of anilines is 1. The average Bonchev–Trinajstić information content (AvgIpc) is 2.61. The highest BCUT2D eigenvalue weighted by Crippen LogP contribution is 2.27. The van der Waals surface area contributed by atoms with Crippen LogP contribution >= 0.6 is 11.6 Å². The molecule has 0 atom stereocenters. The van der Waals surface area contributed by atoms with Crippen molar-refractivity contribution in [2.24, 2.45) is 0 Å². The average molecular weight is 378 g/mol. The lowest BCUT2D eigenvalue weighted by Gasteiger charge is -2.12. The van der Waals surface area contributed by atoms with Crippen molar-refractivity contribution >= 4 is 29.2 Å². The Balaban J connectivity index is 1.78. The van der Waals surface area contributed by atoms with Gasteiger partial charge in [0.25, 0.3) is 5.91 Å². The van der Waals surface area contributed by atoms with Gasteiger partial charge in [-0.05, 0) is 55.3 Å². The van der Waals surface area contributed by atoms with Crippen LogP contribution < -0.4 is 14.8 Å². The van der Waals surface area contributed by atoms with E-state index in [2.05, 4.69) is 5.32 Å². The lowest BCUT2D eigenvalue weighted by molar-refractivity contribution is -0.149. The zero-order chi connectivity index (χ0) is 19.1. The first kappa shape index (κ1) is 19.6. The molecule has 2 aromatic rings. The first-order chi connectivity index (χ1) is 12.4. The molecular formula is C19H20ClNO5. The fourth-order valence-corrected chi connectivity index (χ4v) is 2.62. The van der Waals surface area contributed by atoms with E-state index >= 15 is 0 Å². The molecule has 0 spiro atoms. The van der Waals surface area contributed by atoms with Crippen molar-refractivity contribution in [3.63, 3.8) is 0 Å². The molecule has 26 heavy (non-hydrogen) atoms. The Hall–Kier alpha value is -2.73. The molecule has 0 heterocycles. The van der Waals surface area contributed by atoms with Gasteiger partial charge in [-0.2, -0.15) is 0 Å². The minimum atomic E-state index is -0.650. The zero-order valence-corrected chi connectivity index (χ0v) is 15.6. The number of methoxy groups -OCH3 is 1. The van der Waals surface area contributed by atoms with Crippen molar-refractivity contribution in [2.45, 2.75) is 13.8 Å². The van der Waals surface area contributed by atoms with Crippen LogP contribution in [0.1, 0.15) is 11.1 Å². The van der Waals surface area contributed by atoms with Crippen LogP contribution in [0.3, 0.4) is 0 Å². The summed E-state index contributed by atoms with van der Waals surface area (Å²) in [5, 5.41) is 3.08. The molecule has 2 rings (SSSR count). The second-order valence-electron chi connectivity index (χ2n) is 5.61. The fraction of sp³-hybridized carbons (Fsp3) is 0.263. The van der Waals surface area contributed by atoms with Crippen LogP contribution in [0.4, 0.5) is 5.69 Å². The molecule has 6 nitrogen and oxygen atoms in total. The monoisotopic (exact) mass is 377 g/mol. The number of carbonyl (C=O) groups is 2. The minimum absolute atomic E-state index is 0.302. The summed E-state index contributed by atoms with van der Waals surface area (Å²) in [5.74, 6) is 0.0512. The second kappa shape index (κ2) is 9.10. The van der Waals surface area contributed by atoms with Gasteiger partial charge in [-0.1, -0.05) is 17.7 Å². The summed E-state index contributed by atoms with van der Waals surface area (Å²) < 4.78 is 15.2. The van der Waals surface area contributed by atoms with Gasteiger partial charge in [0.1, 0.15) is 11.5 Å². The molecule has 1 amide bonds. The number of hydrogen-bond donors (Lipinski definition) is 1. The fourth-order valence-electron chi connectivity index (χ4n) is 2.25. The number of ether oxygens (including phenoxy) is 3. The van der Waals surface area contributed by atoms with Crippen LogP contribution in [0.25, 0.3) is 0 Å². The van der Waals surface area contributed by atoms with Gasteiger partial charge in [-0.25, -0.2) is 4.79 Å². The molecule has 0 aliphatic rings. The highest BCUT2D eigenvalue weighted by atomic mass is 35.5. The number of hydrogen-bond acceptors (Lipinski definition) is 5. The highest BCUT2D eigenvalue weighted by Gasteiger charge is 2.12. The number of aryl methyl sites for hydroxylation is 2. The zero-order valence-electron chi connectivity index (χ0n) is 14.8. The van der Waals surface area contributed by atoms with Crippen molar-refractivity contribution < 1.29 is 23.8 Å². The molecule has 0 saturated heterocycles. The van der Waals surface area contributed by atoms with Gasteiger partial charge in [0.2, 0.25) is 0 Å². The number of rotatable bonds is 7. The summed E-state index contributed by atoms with van der Waals surface area (Å²) in [6, 6.07) is 10.4. The van der Waals surface area contributed by atoms with E-state index < -0.39 is 18.5 Å². The first-order valence-electron chi connectivity index (χ1n) is 7.88. The Kier molecular flexibility index (Phi) is 6.86. The van der Waals surface area contributed by atoms with E-state index in [1.165, 1.54) is 0 Å². The van der Waals surface area contributed by atoms with Gasteiger partial charge in [0.15, 0.2) is 13.2 Å². The third-order valence-electron chi connectivity index (χ3n) is 3.48. The van der Waals surface area contributed by atoms with Crippen LogP contribution in [0, 0.1) is 13.8 Å². The molecule has 0 radical (unpaired) electrons. The molecule has 7 heteroatoms. The molecule has 0 unspecified atom stereocenters. The number of esters is 1. The maximum atomic E-state index is 11.9. The SMILES string of the molecule is COc1ccc(OCC(=O)OCC(=O)Nc2c(C)cc(C)cc2Cl)cc1. The molecule has 0 bridgehead atoms. The van der Waals surface area contributed by atoms with Crippen LogP contribution in [0.2, 0.25) is 5.02 Å². The van der Waals surface area contributed by atoms with E-state index in [0.29, 0.717) is 22.2 Å². The Labute approximate surface area is 157 Å². The van der Waals surface area contributed by atoms with Gasteiger partial charge in [-0.3, -0.25) is 4.79 Å². The standard InChI is InChI=1S/C19H20ClNO5/c1-12-8-13(2)19(16(20)9-12)21-17(22)10-26-18(23)11-25-15-6-4-14(24-3)5-7-15/h4-9H,10-11H2,1-3H3,(H,21,22). The lowest BCUT2D eigenvalue weighted by Crippen LogP contribution is -2.24. The van der Waals surface area contributed by atoms with Crippen molar-refractivity contribution in [3.05, 3.63) is 52.5 Å². The molecule has 0 aliphatic heterocycles. The predicted molar refractivity (Wildman–Crippen MR) is 99.0 cm³/mol. The van der Waals surface area contributed by atoms with Crippen molar-refractivity contribution in [1.29, 1.82) is 0 Å². The first-order valence-corrected chi connectivity index (χ1v) is 8.26. The molecule has 0 fully saturated rings. The topological polar surface area (TPSA) is 73.9 Å². The number of nitrogens with one attached hydrogen (secondary N) is 1. The normalized spacial score (nSPS) is 10.2. The van der Waals surface area contributed by atoms with E-state index in [9.17, 15) is 9.59 Å². The van der Waals surface area contributed by atoms with Crippen LogP contribution in [0.15, 0.2) is 36.4 Å². The van der Waals surface area contributed by atoms with Gasteiger partial charge in [0, 0.05) is 0 Å². The summed E-state index contributed by atoms with van der Waals surface area (Å²) in [6.45, 7) is 3.02. The van der Waals surface area contributed by atoms with Crippen LogP contribution in [-0.4, -0.2) is 32.2 Å². The maximum Gasteiger partial charge on any atom is 0.344 e. The van der Waals surface area contributed by atoms with Gasteiger partial charge in [0.05, 0.1) is 17.8 Å². The summed E-state index contributed by atoms with van der Waals surface area (Å²) >= 11 is 6.13. The van der Waals surface area contributed by atoms with Gasteiger partial charge in [-0.15, -0.1) is 0 Å².